The summed E-state index contributed by atoms with van der Waals surface area (Å²) in [5.41, 5.74) is 0.336. The molecule has 0 atom stereocenters. The minimum absolute atomic E-state index is 0.336. The van der Waals surface area contributed by atoms with Gasteiger partial charge in [-0.1, -0.05) is 13.8 Å². The molecule has 1 fully saturated rings. The first-order valence-corrected chi connectivity index (χ1v) is 6.66. The second-order valence-corrected chi connectivity index (χ2v) is 5.13. The number of hydrogen-bond donors (Lipinski definition) is 1. The first-order chi connectivity index (χ1) is 7.28. The van der Waals surface area contributed by atoms with Crippen LogP contribution in [-0.2, 0) is 6.42 Å². The van der Waals surface area contributed by atoms with E-state index in [9.17, 15) is 0 Å². The van der Waals surface area contributed by atoms with E-state index < -0.39 is 0 Å². The van der Waals surface area contributed by atoms with E-state index >= 15 is 0 Å². The molecule has 0 amide bonds. The molecule has 1 aromatic rings. The first-order valence-electron chi connectivity index (χ1n) is 5.89. The number of rotatable bonds is 5. The lowest BCUT2D eigenvalue weighted by Gasteiger charge is -2.41. The van der Waals surface area contributed by atoms with Crippen LogP contribution in [0.15, 0.2) is 0 Å². The van der Waals surface area contributed by atoms with Crippen molar-refractivity contribution >= 4 is 16.7 Å². The van der Waals surface area contributed by atoms with Gasteiger partial charge in [-0.3, -0.25) is 0 Å². The Labute approximate surface area is 95.5 Å². The number of aryl methyl sites for hydroxylation is 1. The van der Waals surface area contributed by atoms with E-state index in [1.54, 1.807) is 0 Å². The van der Waals surface area contributed by atoms with Crippen molar-refractivity contribution in [3.05, 3.63) is 5.82 Å². The lowest BCUT2D eigenvalue weighted by molar-refractivity contribution is 0.269. The third-order valence-corrected chi connectivity index (χ3v) is 3.97. The maximum atomic E-state index is 4.51. The molecule has 84 valence electrons. The fraction of sp³-hybridized carbons (Fsp3) is 0.818. The van der Waals surface area contributed by atoms with Crippen LogP contribution in [0.3, 0.4) is 0 Å². The summed E-state index contributed by atoms with van der Waals surface area (Å²) in [6.07, 6.45) is 7.22. The van der Waals surface area contributed by atoms with Crippen LogP contribution in [0, 0.1) is 0 Å². The predicted molar refractivity (Wildman–Crippen MR) is 64.4 cm³/mol. The van der Waals surface area contributed by atoms with Gasteiger partial charge in [-0.25, -0.2) is 4.98 Å². The van der Waals surface area contributed by atoms with E-state index in [2.05, 4.69) is 28.5 Å². The second kappa shape index (κ2) is 4.47. The van der Waals surface area contributed by atoms with E-state index in [-0.39, 0.29) is 0 Å². The third kappa shape index (κ3) is 2.30. The Hall–Kier alpha value is -0.640. The normalized spacial score (nSPS) is 18.5. The van der Waals surface area contributed by atoms with Crippen LogP contribution in [0.25, 0.3) is 0 Å². The second-order valence-electron chi connectivity index (χ2n) is 4.38. The van der Waals surface area contributed by atoms with Gasteiger partial charge in [0.05, 0.1) is 0 Å². The molecule has 0 unspecified atom stereocenters. The van der Waals surface area contributed by atoms with Gasteiger partial charge in [-0.15, -0.1) is 0 Å². The Morgan fingerprint density at radius 1 is 1.40 bits per heavy atom. The maximum absolute atomic E-state index is 4.51. The molecule has 3 nitrogen and oxygen atoms in total. The van der Waals surface area contributed by atoms with Crippen LogP contribution < -0.4 is 5.32 Å². The highest BCUT2D eigenvalue weighted by Crippen LogP contribution is 2.38. The van der Waals surface area contributed by atoms with Gasteiger partial charge in [0.2, 0.25) is 5.13 Å². The number of anilines is 1. The molecule has 0 bridgehead atoms. The summed E-state index contributed by atoms with van der Waals surface area (Å²) in [4.78, 5) is 4.51. The van der Waals surface area contributed by atoms with Crippen LogP contribution in [0.5, 0.6) is 0 Å². The quantitative estimate of drug-likeness (QED) is 0.836. The van der Waals surface area contributed by atoms with Crippen LogP contribution in [0.4, 0.5) is 5.13 Å². The van der Waals surface area contributed by atoms with Gasteiger partial charge in [0, 0.05) is 23.5 Å². The molecule has 1 heterocycles. The van der Waals surface area contributed by atoms with Gasteiger partial charge in [0.15, 0.2) is 0 Å². The molecular formula is C11H19N3S. The molecule has 1 aromatic heterocycles. The van der Waals surface area contributed by atoms with Crippen molar-refractivity contribution in [2.45, 2.75) is 57.9 Å². The molecule has 1 aliphatic rings. The standard InChI is InChI=1S/C11H19N3S/c1-3-6-9-12-10(15-14-9)13-11(4-2)7-5-8-11/h3-8H2,1-2H3,(H,12,13,14). The zero-order valence-electron chi connectivity index (χ0n) is 9.55. The highest BCUT2D eigenvalue weighted by Gasteiger charge is 2.35. The molecule has 1 saturated carbocycles. The molecule has 4 heteroatoms. The van der Waals surface area contributed by atoms with Gasteiger partial charge < -0.3 is 5.32 Å². The van der Waals surface area contributed by atoms with Crippen molar-refractivity contribution in [2.75, 3.05) is 5.32 Å². The number of nitrogens with one attached hydrogen (secondary N) is 1. The summed E-state index contributed by atoms with van der Waals surface area (Å²) in [5.74, 6) is 0.996. The van der Waals surface area contributed by atoms with Crippen molar-refractivity contribution < 1.29 is 0 Å². The van der Waals surface area contributed by atoms with Crippen LogP contribution in [0.1, 0.15) is 51.8 Å². The van der Waals surface area contributed by atoms with E-state index in [4.69, 9.17) is 0 Å². The minimum Gasteiger partial charge on any atom is -0.355 e. The number of nitrogens with zero attached hydrogens (tertiary/aromatic N) is 2. The largest absolute Gasteiger partial charge is 0.355 e. The van der Waals surface area contributed by atoms with Gasteiger partial charge in [0.25, 0.3) is 0 Å². The molecule has 0 saturated heterocycles. The summed E-state index contributed by atoms with van der Waals surface area (Å²) in [6, 6.07) is 0. The zero-order chi connectivity index (χ0) is 10.7. The molecule has 0 aliphatic heterocycles. The highest BCUT2D eigenvalue weighted by molar-refractivity contribution is 7.09. The van der Waals surface area contributed by atoms with Gasteiger partial charge in [-0.2, -0.15) is 4.37 Å². The highest BCUT2D eigenvalue weighted by atomic mass is 32.1. The van der Waals surface area contributed by atoms with Crippen LogP contribution in [-0.4, -0.2) is 14.9 Å². The van der Waals surface area contributed by atoms with Crippen molar-refractivity contribution in [1.82, 2.24) is 9.36 Å². The summed E-state index contributed by atoms with van der Waals surface area (Å²) < 4.78 is 4.35. The molecule has 1 N–H and O–H groups in total. The summed E-state index contributed by atoms with van der Waals surface area (Å²) in [5, 5.41) is 4.58. The Bertz CT molecular complexity index is 312. The van der Waals surface area contributed by atoms with Gasteiger partial charge >= 0.3 is 0 Å². The predicted octanol–water partition coefficient (Wildman–Crippen LogP) is 3.24. The molecule has 2 rings (SSSR count). The number of hydrogen-bond acceptors (Lipinski definition) is 4. The maximum Gasteiger partial charge on any atom is 0.203 e. The topological polar surface area (TPSA) is 37.8 Å². The average molecular weight is 225 g/mol. The number of aromatic nitrogens is 2. The molecule has 15 heavy (non-hydrogen) atoms. The Kier molecular flexibility index (Phi) is 3.24. The Morgan fingerprint density at radius 3 is 2.73 bits per heavy atom. The van der Waals surface area contributed by atoms with E-state index in [1.807, 2.05) is 0 Å². The van der Waals surface area contributed by atoms with Crippen LogP contribution in [0.2, 0.25) is 0 Å². The molecular weight excluding hydrogens is 206 g/mol. The summed E-state index contributed by atoms with van der Waals surface area (Å²) >= 11 is 1.51. The summed E-state index contributed by atoms with van der Waals surface area (Å²) in [7, 11) is 0. The smallest absolute Gasteiger partial charge is 0.203 e. The first kappa shape index (κ1) is 10.9. The molecule has 1 aliphatic carbocycles. The lowest BCUT2D eigenvalue weighted by Crippen LogP contribution is -2.44. The Morgan fingerprint density at radius 2 is 2.20 bits per heavy atom. The van der Waals surface area contributed by atoms with Crippen molar-refractivity contribution in [3.8, 4) is 0 Å². The Balaban J connectivity index is 1.97. The van der Waals surface area contributed by atoms with E-state index in [0.717, 1.165) is 23.8 Å². The van der Waals surface area contributed by atoms with Gasteiger partial charge in [0.1, 0.15) is 5.82 Å². The fourth-order valence-electron chi connectivity index (χ4n) is 2.03. The van der Waals surface area contributed by atoms with Gasteiger partial charge in [-0.05, 0) is 32.1 Å². The van der Waals surface area contributed by atoms with Crippen molar-refractivity contribution in [1.29, 1.82) is 0 Å². The molecule has 0 spiro atoms. The van der Waals surface area contributed by atoms with Crippen LogP contribution >= 0.6 is 11.5 Å². The molecule has 0 aromatic carbocycles. The molecule has 0 radical (unpaired) electrons. The van der Waals surface area contributed by atoms with E-state index in [1.165, 1.54) is 37.2 Å². The monoisotopic (exact) mass is 225 g/mol. The third-order valence-electron chi connectivity index (χ3n) is 3.30. The minimum atomic E-state index is 0.336. The summed E-state index contributed by atoms with van der Waals surface area (Å²) in [6.45, 7) is 4.41. The average Bonchev–Trinajstić information content (AvgIpc) is 2.60. The SMILES string of the molecule is CCCc1nsc(NC2(CC)CCC2)n1. The van der Waals surface area contributed by atoms with Crippen molar-refractivity contribution in [2.24, 2.45) is 0 Å². The van der Waals surface area contributed by atoms with Crippen molar-refractivity contribution in [3.63, 3.8) is 0 Å². The lowest BCUT2D eigenvalue weighted by atomic mass is 9.75. The fourth-order valence-corrected chi connectivity index (χ4v) is 2.76. The van der Waals surface area contributed by atoms with E-state index in [0.29, 0.717) is 5.54 Å². The zero-order valence-corrected chi connectivity index (χ0v) is 10.4.